The second kappa shape index (κ2) is 7.64. The van der Waals surface area contributed by atoms with Gasteiger partial charge in [0.1, 0.15) is 0 Å². The van der Waals surface area contributed by atoms with Gasteiger partial charge in [-0.25, -0.2) is 0 Å². The van der Waals surface area contributed by atoms with Gasteiger partial charge in [-0.1, -0.05) is 38.7 Å². The molecule has 3 N–H and O–H groups in total. The highest BCUT2D eigenvalue weighted by atomic mass is 19.4. The van der Waals surface area contributed by atoms with E-state index in [1.807, 2.05) is 0 Å². The molecule has 0 amide bonds. The van der Waals surface area contributed by atoms with Gasteiger partial charge in [-0.15, -0.1) is 0 Å². The van der Waals surface area contributed by atoms with Crippen LogP contribution in [0.1, 0.15) is 61.8 Å². The Morgan fingerprint density at radius 2 is 1.90 bits per heavy atom. The van der Waals surface area contributed by atoms with Gasteiger partial charge in [-0.05, 0) is 36.6 Å². The van der Waals surface area contributed by atoms with E-state index in [0.717, 1.165) is 37.3 Å². The standard InChI is InChI=1S/C15H23F3N2/c1-3-4-5-6-7-14(20-19)13-9-8-12(10-11(13)2)15(16,17)18/h8-10,14,20H,3-7,19H2,1-2H3. The van der Waals surface area contributed by atoms with E-state index in [4.69, 9.17) is 5.84 Å². The van der Waals surface area contributed by atoms with Gasteiger partial charge < -0.3 is 0 Å². The fourth-order valence-electron chi connectivity index (χ4n) is 2.35. The summed E-state index contributed by atoms with van der Waals surface area (Å²) in [6.07, 6.45) is 1.000. The zero-order valence-electron chi connectivity index (χ0n) is 12.1. The number of halogens is 3. The number of benzene rings is 1. The molecule has 2 nitrogen and oxygen atoms in total. The number of hydrogen-bond donors (Lipinski definition) is 2. The Kier molecular flexibility index (Phi) is 6.49. The van der Waals surface area contributed by atoms with Crippen LogP contribution in [0.2, 0.25) is 0 Å². The Labute approximate surface area is 118 Å². The Bertz CT molecular complexity index is 416. The number of hydrogen-bond acceptors (Lipinski definition) is 2. The molecule has 0 aromatic heterocycles. The van der Waals surface area contributed by atoms with Crippen molar-refractivity contribution in [3.05, 3.63) is 34.9 Å². The predicted octanol–water partition coefficient (Wildman–Crippen LogP) is 4.49. The monoisotopic (exact) mass is 288 g/mol. The Balaban J connectivity index is 2.78. The van der Waals surface area contributed by atoms with Crippen molar-refractivity contribution in [2.75, 3.05) is 0 Å². The normalized spacial score (nSPS) is 13.5. The largest absolute Gasteiger partial charge is 0.416 e. The van der Waals surface area contributed by atoms with Crippen molar-refractivity contribution >= 4 is 0 Å². The summed E-state index contributed by atoms with van der Waals surface area (Å²) in [4.78, 5) is 0. The van der Waals surface area contributed by atoms with Crippen molar-refractivity contribution in [2.24, 2.45) is 5.84 Å². The van der Waals surface area contributed by atoms with Crippen LogP contribution in [-0.2, 0) is 6.18 Å². The summed E-state index contributed by atoms with van der Waals surface area (Å²) in [6.45, 7) is 3.83. The van der Waals surface area contributed by atoms with Gasteiger partial charge in [0.25, 0.3) is 0 Å². The molecular formula is C15H23F3N2. The molecule has 0 bridgehead atoms. The summed E-state index contributed by atoms with van der Waals surface area (Å²) in [5.41, 5.74) is 3.57. The minimum atomic E-state index is -4.30. The van der Waals surface area contributed by atoms with Crippen LogP contribution < -0.4 is 11.3 Å². The Morgan fingerprint density at radius 1 is 1.20 bits per heavy atom. The molecule has 1 aromatic carbocycles. The lowest BCUT2D eigenvalue weighted by Gasteiger charge is -2.19. The number of unbranched alkanes of at least 4 members (excludes halogenated alkanes) is 3. The highest BCUT2D eigenvalue weighted by Crippen LogP contribution is 2.32. The first-order valence-electron chi connectivity index (χ1n) is 7.04. The molecule has 1 unspecified atom stereocenters. The molecule has 0 heterocycles. The molecule has 0 saturated heterocycles. The molecule has 114 valence electrons. The molecule has 1 atom stereocenters. The molecule has 0 aliphatic heterocycles. The average molecular weight is 288 g/mol. The minimum Gasteiger partial charge on any atom is -0.271 e. The molecule has 0 saturated carbocycles. The van der Waals surface area contributed by atoms with E-state index in [9.17, 15) is 13.2 Å². The first-order valence-corrected chi connectivity index (χ1v) is 7.04. The molecule has 0 spiro atoms. The molecule has 0 fully saturated rings. The average Bonchev–Trinajstić information content (AvgIpc) is 2.38. The van der Waals surface area contributed by atoms with Crippen LogP contribution in [0.3, 0.4) is 0 Å². The van der Waals surface area contributed by atoms with E-state index < -0.39 is 11.7 Å². The molecular weight excluding hydrogens is 265 g/mol. The summed E-state index contributed by atoms with van der Waals surface area (Å²) in [5.74, 6) is 5.54. The van der Waals surface area contributed by atoms with E-state index in [1.54, 1.807) is 6.92 Å². The van der Waals surface area contributed by atoms with Crippen molar-refractivity contribution < 1.29 is 13.2 Å². The number of nitrogens with two attached hydrogens (primary N) is 1. The van der Waals surface area contributed by atoms with Gasteiger partial charge in [-0.3, -0.25) is 11.3 Å². The summed E-state index contributed by atoms with van der Waals surface area (Å²) < 4.78 is 37.9. The Hall–Kier alpha value is -1.07. The van der Waals surface area contributed by atoms with Crippen LogP contribution in [-0.4, -0.2) is 0 Å². The molecule has 1 aromatic rings. The maximum absolute atomic E-state index is 12.6. The molecule has 5 heteroatoms. The van der Waals surface area contributed by atoms with Crippen LogP contribution in [0.15, 0.2) is 18.2 Å². The van der Waals surface area contributed by atoms with Crippen LogP contribution in [0.4, 0.5) is 13.2 Å². The highest BCUT2D eigenvalue weighted by Gasteiger charge is 2.31. The van der Waals surface area contributed by atoms with Crippen LogP contribution in [0.5, 0.6) is 0 Å². The first-order chi connectivity index (χ1) is 9.40. The van der Waals surface area contributed by atoms with Crippen molar-refractivity contribution in [3.8, 4) is 0 Å². The summed E-state index contributed by atoms with van der Waals surface area (Å²) in [6, 6.07) is 3.75. The van der Waals surface area contributed by atoms with Crippen molar-refractivity contribution in [1.82, 2.24) is 5.43 Å². The molecule has 0 aliphatic carbocycles. The van der Waals surface area contributed by atoms with Gasteiger partial charge in [0.05, 0.1) is 5.56 Å². The lowest BCUT2D eigenvalue weighted by Crippen LogP contribution is -2.28. The maximum Gasteiger partial charge on any atom is 0.416 e. The fourth-order valence-corrected chi connectivity index (χ4v) is 2.35. The molecule has 0 radical (unpaired) electrons. The van der Waals surface area contributed by atoms with Crippen LogP contribution >= 0.6 is 0 Å². The van der Waals surface area contributed by atoms with Gasteiger partial charge >= 0.3 is 6.18 Å². The second-order valence-electron chi connectivity index (χ2n) is 5.14. The lowest BCUT2D eigenvalue weighted by atomic mass is 9.95. The van der Waals surface area contributed by atoms with Gasteiger partial charge in [0.2, 0.25) is 0 Å². The molecule has 1 rings (SSSR count). The van der Waals surface area contributed by atoms with Crippen molar-refractivity contribution in [3.63, 3.8) is 0 Å². The second-order valence-corrected chi connectivity index (χ2v) is 5.14. The first kappa shape index (κ1) is 17.0. The van der Waals surface area contributed by atoms with Crippen molar-refractivity contribution in [1.29, 1.82) is 0 Å². The van der Waals surface area contributed by atoms with E-state index in [0.29, 0.717) is 5.56 Å². The number of aryl methyl sites for hydroxylation is 1. The maximum atomic E-state index is 12.6. The zero-order chi connectivity index (χ0) is 15.2. The van der Waals surface area contributed by atoms with Crippen LogP contribution in [0.25, 0.3) is 0 Å². The van der Waals surface area contributed by atoms with E-state index in [-0.39, 0.29) is 6.04 Å². The Morgan fingerprint density at radius 3 is 2.40 bits per heavy atom. The van der Waals surface area contributed by atoms with E-state index in [2.05, 4.69) is 12.3 Å². The smallest absolute Gasteiger partial charge is 0.271 e. The summed E-state index contributed by atoms with van der Waals surface area (Å²) in [7, 11) is 0. The number of hydrazine groups is 1. The third-order valence-electron chi connectivity index (χ3n) is 3.52. The quantitative estimate of drug-likeness (QED) is 0.441. The summed E-state index contributed by atoms with van der Waals surface area (Å²) in [5, 5.41) is 0. The topological polar surface area (TPSA) is 38.0 Å². The molecule has 0 aliphatic rings. The molecule has 20 heavy (non-hydrogen) atoms. The lowest BCUT2D eigenvalue weighted by molar-refractivity contribution is -0.137. The van der Waals surface area contributed by atoms with E-state index in [1.165, 1.54) is 18.6 Å². The van der Waals surface area contributed by atoms with Crippen molar-refractivity contribution in [2.45, 2.75) is 58.2 Å². The van der Waals surface area contributed by atoms with Gasteiger partial charge in [-0.2, -0.15) is 13.2 Å². The third-order valence-corrected chi connectivity index (χ3v) is 3.52. The SMILES string of the molecule is CCCCCCC(NN)c1ccc(C(F)(F)F)cc1C. The van der Waals surface area contributed by atoms with Gasteiger partial charge in [0, 0.05) is 6.04 Å². The fraction of sp³-hybridized carbons (Fsp3) is 0.600. The van der Waals surface area contributed by atoms with Crippen LogP contribution in [0, 0.1) is 6.92 Å². The third kappa shape index (κ3) is 4.80. The number of alkyl halides is 3. The van der Waals surface area contributed by atoms with E-state index >= 15 is 0 Å². The predicted molar refractivity (Wildman–Crippen MR) is 75.0 cm³/mol. The number of rotatable bonds is 7. The minimum absolute atomic E-state index is 0.0888. The number of nitrogens with one attached hydrogen (secondary N) is 1. The zero-order valence-corrected chi connectivity index (χ0v) is 12.1. The van der Waals surface area contributed by atoms with Gasteiger partial charge in [0.15, 0.2) is 0 Å². The highest BCUT2D eigenvalue weighted by molar-refractivity contribution is 5.34. The summed E-state index contributed by atoms with van der Waals surface area (Å²) >= 11 is 0.